The fourth-order valence-corrected chi connectivity index (χ4v) is 11.2. The molecule has 14 N–H and O–H groups in total. The van der Waals surface area contributed by atoms with Crippen LogP contribution in [0.4, 0.5) is 0 Å². The van der Waals surface area contributed by atoms with E-state index < -0.39 is 193 Å². The fourth-order valence-electron chi connectivity index (χ4n) is 11.2. The van der Waals surface area contributed by atoms with E-state index in [-0.39, 0.29) is 43.6 Å². The molecule has 25 nitrogen and oxygen atoms in total. The smallest absolute Gasteiger partial charge is 0.329 e. The lowest BCUT2D eigenvalue weighted by Gasteiger charge is -2.30. The first-order valence-electron chi connectivity index (χ1n) is 33.2. The van der Waals surface area contributed by atoms with Crippen LogP contribution in [-0.2, 0) is 68.7 Å². The Bertz CT molecular complexity index is 2920. The van der Waals surface area contributed by atoms with Gasteiger partial charge in [-0.3, -0.25) is 57.7 Å². The van der Waals surface area contributed by atoms with Crippen molar-refractivity contribution >= 4 is 87.2 Å². The predicted molar refractivity (Wildman–Crippen MR) is 352 cm³/mol. The van der Waals surface area contributed by atoms with Crippen LogP contribution >= 0.6 is 0 Å². The molecule has 1 fully saturated rings. The number of carbonyl (C=O) groups excluding carboxylic acids is 12. The van der Waals surface area contributed by atoms with E-state index in [0.29, 0.717) is 51.4 Å². The maximum Gasteiger partial charge on any atom is 0.329 e. The van der Waals surface area contributed by atoms with Crippen LogP contribution in [-0.4, -0.2) is 149 Å². The van der Waals surface area contributed by atoms with E-state index in [1.54, 1.807) is 48.5 Å². The standard InChI is InChI=1S/C68H106N10O15/c1-12-37(6)49(34-52(81)50(26-27-56(69)85)73-63(88)47(35-79)32-54(83)57(38(7)13-2)75-62(87)44(16-5)30-43-24-25-45-21-17-18-22-46(45)31-43)65(90)76-58(39(8)14-3)55(84)33-48(36-80)64(89)78-60-42(11)93-67(92)59(40(9)15-4)77-66(91)51(23-19-20-28-72-68(70)71)74-61(86)41(10)29-53(60)82/h17-18,21-22,24-25,31,37-42,44,47-51,57-60,79-80H,12-16,19-20,23,26-30,32-36H2,1-11H3,(H2,69,85)(H,73,88)(H,74,86)(H,75,87)(H,76,90)(H,77,91)(H,78,89)(H4,70,71,72)/t37-,38-,39-,40-,41+,42-,44+,47-,48-,49+,50+,51-,57-,58-,59-,60+/m0/s1. The van der Waals surface area contributed by atoms with Crippen LogP contribution in [0.15, 0.2) is 47.5 Å². The van der Waals surface area contributed by atoms with Gasteiger partial charge < -0.3 is 64.1 Å². The first-order valence-corrected chi connectivity index (χ1v) is 33.2. The zero-order valence-corrected chi connectivity index (χ0v) is 56.4. The van der Waals surface area contributed by atoms with Gasteiger partial charge in [0.05, 0.1) is 43.2 Å². The van der Waals surface area contributed by atoms with Crippen molar-refractivity contribution in [1.82, 2.24) is 31.9 Å². The number of ether oxygens (including phenoxy) is 1. The Morgan fingerprint density at radius 3 is 1.76 bits per heavy atom. The van der Waals surface area contributed by atoms with Gasteiger partial charge in [-0.05, 0) is 85.5 Å². The molecule has 1 aliphatic heterocycles. The van der Waals surface area contributed by atoms with Gasteiger partial charge in [-0.25, -0.2) is 4.79 Å². The number of esters is 1. The van der Waals surface area contributed by atoms with Crippen molar-refractivity contribution < 1.29 is 72.5 Å². The molecular formula is C68H106N10O15. The SMILES string of the molecule is CC[C@H](Cc1ccc2ccccc2c1)C(=O)N[C@H](C(=O)C[C@@H](CO)C(=O)N[C@H](CCC(N)=O)C(=O)C[C@@H](C(=O)N[C@H](C(=O)C[C@@H](CO)C(=O)N[C@H]1C(=O)C[C@@H](C)C(=O)N[C@@H](CCCCN=C(N)N)C(=O)N[C@@H]([C@@H](C)CC)C(=O)O[C@H]1C)[C@@H](C)CC)[C@@H](C)CC)[C@@H](C)CC. The second-order valence-electron chi connectivity index (χ2n) is 25.5. The Balaban J connectivity index is 1.84. The van der Waals surface area contributed by atoms with Crippen LogP contribution in [0.3, 0.4) is 0 Å². The van der Waals surface area contributed by atoms with Gasteiger partial charge in [0.1, 0.15) is 24.2 Å². The monoisotopic (exact) mass is 1300 g/mol. The lowest BCUT2D eigenvalue weighted by atomic mass is 9.83. The Hall–Kier alpha value is -7.67. The van der Waals surface area contributed by atoms with Crippen LogP contribution < -0.4 is 49.1 Å². The van der Waals surface area contributed by atoms with Gasteiger partial charge >= 0.3 is 5.97 Å². The highest BCUT2D eigenvalue weighted by molar-refractivity contribution is 5.99. The average molecular weight is 1300 g/mol. The largest absolute Gasteiger partial charge is 0.458 e. The number of Topliss-reactive ketones (excluding diaryl/α,β-unsaturated/α-hetero) is 4. The van der Waals surface area contributed by atoms with Crippen molar-refractivity contribution in [3.8, 4) is 0 Å². The van der Waals surface area contributed by atoms with E-state index in [1.807, 2.05) is 56.3 Å². The van der Waals surface area contributed by atoms with Crippen molar-refractivity contribution in [3.05, 3.63) is 48.0 Å². The quantitative estimate of drug-likeness (QED) is 0.0198. The lowest BCUT2D eigenvalue weighted by molar-refractivity contribution is -0.157. The number of unbranched alkanes of at least 4 members (excludes halogenated alkanes) is 1. The van der Waals surface area contributed by atoms with E-state index in [2.05, 4.69) is 36.9 Å². The molecule has 0 spiro atoms. The number of ketones is 4. The number of fused-ring (bicyclic) bond motifs is 1. The molecule has 3 rings (SSSR count). The highest BCUT2D eigenvalue weighted by atomic mass is 16.5. The lowest BCUT2D eigenvalue weighted by Crippen LogP contribution is -2.55. The number of nitrogens with one attached hydrogen (secondary N) is 6. The van der Waals surface area contributed by atoms with E-state index in [0.717, 1.165) is 16.3 Å². The Morgan fingerprint density at radius 2 is 1.22 bits per heavy atom. The zero-order valence-electron chi connectivity index (χ0n) is 56.4. The Kier molecular flexibility index (Phi) is 34.0. The molecule has 93 heavy (non-hydrogen) atoms. The summed E-state index contributed by atoms with van der Waals surface area (Å²) in [6, 6.07) is 6.14. The van der Waals surface area contributed by atoms with Gasteiger partial charge in [0.2, 0.25) is 41.4 Å². The number of guanidine groups is 1. The summed E-state index contributed by atoms with van der Waals surface area (Å²) in [7, 11) is 0. The number of aliphatic hydroxyl groups excluding tert-OH is 2. The van der Waals surface area contributed by atoms with Gasteiger partial charge in [0.15, 0.2) is 29.1 Å². The first-order chi connectivity index (χ1) is 44.0. The summed E-state index contributed by atoms with van der Waals surface area (Å²) >= 11 is 0. The highest BCUT2D eigenvalue weighted by Crippen LogP contribution is 2.26. The molecule has 0 unspecified atom stereocenters. The molecular weight excluding hydrogens is 1200 g/mol. The summed E-state index contributed by atoms with van der Waals surface area (Å²) in [6.07, 6.45) is -0.799. The van der Waals surface area contributed by atoms with Crippen LogP contribution in [0.1, 0.15) is 172 Å². The van der Waals surface area contributed by atoms with E-state index in [9.17, 15) is 67.7 Å². The predicted octanol–water partition coefficient (Wildman–Crippen LogP) is 3.46. The number of nitrogens with zero attached hydrogens (tertiary/aromatic N) is 1. The molecule has 1 heterocycles. The van der Waals surface area contributed by atoms with Crippen molar-refractivity contribution in [2.45, 2.75) is 215 Å². The number of carbonyl (C=O) groups is 12. The van der Waals surface area contributed by atoms with Crippen LogP contribution in [0.2, 0.25) is 0 Å². The molecule has 0 saturated carbocycles. The Labute approximate surface area is 547 Å². The molecule has 0 aliphatic carbocycles. The molecule has 25 heteroatoms. The third-order valence-electron chi connectivity index (χ3n) is 18.4. The molecule has 0 radical (unpaired) electrons. The number of nitrogens with two attached hydrogens (primary N) is 3. The molecule has 1 saturated heterocycles. The van der Waals surface area contributed by atoms with Gasteiger partial charge in [-0.15, -0.1) is 0 Å². The number of cyclic esters (lactones) is 1. The normalized spacial score (nSPS) is 20.8. The second kappa shape index (κ2) is 39.8. The number of rotatable bonds is 38. The number of hydrogen-bond donors (Lipinski definition) is 11. The first kappa shape index (κ1) is 79.6. The molecule has 0 bridgehead atoms. The minimum Gasteiger partial charge on any atom is -0.458 e. The third kappa shape index (κ3) is 25.0. The van der Waals surface area contributed by atoms with Gasteiger partial charge in [0, 0.05) is 56.4 Å². The number of benzene rings is 2. The van der Waals surface area contributed by atoms with Gasteiger partial charge in [-0.2, -0.15) is 0 Å². The molecule has 2 aromatic rings. The molecule has 1 aliphatic rings. The summed E-state index contributed by atoms with van der Waals surface area (Å²) in [5.74, 6) is -16.3. The maximum atomic E-state index is 14.6. The number of aliphatic hydroxyl groups is 2. The molecule has 2 aromatic carbocycles. The second-order valence-corrected chi connectivity index (χ2v) is 25.5. The molecule has 0 aromatic heterocycles. The van der Waals surface area contributed by atoms with E-state index >= 15 is 0 Å². The summed E-state index contributed by atoms with van der Waals surface area (Å²) < 4.78 is 5.80. The number of primary amides is 1. The maximum absolute atomic E-state index is 14.6. The number of aliphatic imine (C=N–C) groups is 1. The van der Waals surface area contributed by atoms with Crippen LogP contribution in [0.25, 0.3) is 10.8 Å². The number of hydrogen-bond acceptors (Lipinski definition) is 16. The summed E-state index contributed by atoms with van der Waals surface area (Å²) in [5, 5.41) is 39.6. The van der Waals surface area contributed by atoms with Crippen LogP contribution in [0.5, 0.6) is 0 Å². The molecule has 7 amide bonds. The van der Waals surface area contributed by atoms with Gasteiger partial charge in [0.25, 0.3) is 0 Å². The molecule has 518 valence electrons. The third-order valence-corrected chi connectivity index (χ3v) is 18.4. The van der Waals surface area contributed by atoms with E-state index in [4.69, 9.17) is 21.9 Å². The van der Waals surface area contributed by atoms with E-state index in [1.165, 1.54) is 13.8 Å². The number of amides is 7. The van der Waals surface area contributed by atoms with Crippen molar-refractivity contribution in [2.24, 2.45) is 75.5 Å². The average Bonchev–Trinajstić information content (AvgIpc) is 2.33. The highest BCUT2D eigenvalue weighted by Gasteiger charge is 2.41. The minimum atomic E-state index is -1.61. The van der Waals surface area contributed by atoms with Crippen molar-refractivity contribution in [1.29, 1.82) is 0 Å². The summed E-state index contributed by atoms with van der Waals surface area (Å²) in [4.78, 5) is 171. The Morgan fingerprint density at radius 1 is 0.645 bits per heavy atom. The summed E-state index contributed by atoms with van der Waals surface area (Å²) in [5.41, 5.74) is 17.3. The molecule has 16 atom stereocenters. The minimum absolute atomic E-state index is 0.106. The van der Waals surface area contributed by atoms with Gasteiger partial charge in [-0.1, -0.05) is 137 Å². The van der Waals surface area contributed by atoms with Crippen molar-refractivity contribution in [2.75, 3.05) is 19.8 Å². The van der Waals surface area contributed by atoms with Crippen molar-refractivity contribution in [3.63, 3.8) is 0 Å². The van der Waals surface area contributed by atoms with Crippen LogP contribution in [0, 0.1) is 53.3 Å². The fraction of sp³-hybridized carbons (Fsp3) is 0.662. The topological polar surface area (TPSA) is 417 Å². The zero-order chi connectivity index (χ0) is 69.8. The summed E-state index contributed by atoms with van der Waals surface area (Å²) in [6.45, 7) is 17.3.